The number of ether oxygens (including phenoxy) is 1. The van der Waals surface area contributed by atoms with E-state index in [-0.39, 0.29) is 5.92 Å². The van der Waals surface area contributed by atoms with Gasteiger partial charge in [-0.3, -0.25) is 4.79 Å². The van der Waals surface area contributed by atoms with Crippen LogP contribution in [-0.2, 0) is 9.53 Å². The molecule has 1 amide bonds. The molecule has 1 fully saturated rings. The van der Waals surface area contributed by atoms with Gasteiger partial charge in [0.1, 0.15) is 0 Å². The van der Waals surface area contributed by atoms with E-state index in [4.69, 9.17) is 4.74 Å². The van der Waals surface area contributed by atoms with E-state index < -0.39 is 0 Å². The molecule has 1 aromatic rings. The van der Waals surface area contributed by atoms with Crippen molar-refractivity contribution in [2.45, 2.75) is 31.1 Å². The lowest BCUT2D eigenvalue weighted by Crippen LogP contribution is -2.36. The molecule has 1 aliphatic heterocycles. The zero-order valence-electron chi connectivity index (χ0n) is 13.0. The third kappa shape index (κ3) is 5.36. The third-order valence-corrected chi connectivity index (χ3v) is 4.97. The first-order chi connectivity index (χ1) is 10.2. The molecule has 0 N–H and O–H groups in total. The van der Waals surface area contributed by atoms with Gasteiger partial charge in [-0.15, -0.1) is 11.8 Å². The standard InChI is InChI=1S/C17H25NO2S/c1-14-4-6-16(7-5-14)21-13-3-10-18(2)17(19)15-8-11-20-12-9-15/h4-7,15H,3,8-13H2,1-2H3. The van der Waals surface area contributed by atoms with E-state index in [1.165, 1.54) is 10.5 Å². The van der Waals surface area contributed by atoms with Gasteiger partial charge in [-0.25, -0.2) is 0 Å². The number of thioether (sulfide) groups is 1. The van der Waals surface area contributed by atoms with Crippen molar-refractivity contribution >= 4 is 17.7 Å². The van der Waals surface area contributed by atoms with E-state index in [2.05, 4.69) is 31.2 Å². The molecule has 0 aliphatic carbocycles. The second-order valence-electron chi connectivity index (χ2n) is 5.66. The predicted octanol–water partition coefficient (Wildman–Crippen LogP) is 3.36. The summed E-state index contributed by atoms with van der Waals surface area (Å²) in [6.07, 6.45) is 2.78. The summed E-state index contributed by atoms with van der Waals surface area (Å²) in [7, 11) is 1.92. The number of hydrogen-bond acceptors (Lipinski definition) is 3. The molecule has 1 heterocycles. The molecule has 0 spiro atoms. The number of carbonyl (C=O) groups is 1. The molecule has 116 valence electrons. The van der Waals surface area contributed by atoms with Crippen LogP contribution in [0.1, 0.15) is 24.8 Å². The van der Waals surface area contributed by atoms with Gasteiger partial charge in [0.05, 0.1) is 0 Å². The van der Waals surface area contributed by atoms with Crippen LogP contribution >= 0.6 is 11.8 Å². The van der Waals surface area contributed by atoms with Gasteiger partial charge in [-0.1, -0.05) is 17.7 Å². The van der Waals surface area contributed by atoms with E-state index >= 15 is 0 Å². The Morgan fingerprint density at radius 3 is 2.62 bits per heavy atom. The number of hydrogen-bond donors (Lipinski definition) is 0. The normalized spacial score (nSPS) is 15.9. The minimum absolute atomic E-state index is 0.175. The Bertz CT molecular complexity index is 441. The molecule has 1 saturated heterocycles. The van der Waals surface area contributed by atoms with Crippen LogP contribution in [0.2, 0.25) is 0 Å². The lowest BCUT2D eigenvalue weighted by atomic mass is 9.99. The Morgan fingerprint density at radius 1 is 1.29 bits per heavy atom. The fourth-order valence-electron chi connectivity index (χ4n) is 2.49. The van der Waals surface area contributed by atoms with Crippen molar-refractivity contribution in [3.63, 3.8) is 0 Å². The summed E-state index contributed by atoms with van der Waals surface area (Å²) in [5.41, 5.74) is 1.29. The first-order valence-electron chi connectivity index (χ1n) is 7.69. The van der Waals surface area contributed by atoms with Crippen molar-refractivity contribution in [1.82, 2.24) is 4.90 Å². The van der Waals surface area contributed by atoms with E-state index in [1.54, 1.807) is 0 Å². The van der Waals surface area contributed by atoms with Crippen molar-refractivity contribution < 1.29 is 9.53 Å². The van der Waals surface area contributed by atoms with Gasteiger partial charge in [0.2, 0.25) is 5.91 Å². The van der Waals surface area contributed by atoms with Crippen molar-refractivity contribution in [3.05, 3.63) is 29.8 Å². The molecular weight excluding hydrogens is 282 g/mol. The Hall–Kier alpha value is -1.00. The Morgan fingerprint density at radius 2 is 1.95 bits per heavy atom. The highest BCUT2D eigenvalue weighted by Gasteiger charge is 2.23. The topological polar surface area (TPSA) is 29.5 Å². The largest absolute Gasteiger partial charge is 0.381 e. The summed E-state index contributed by atoms with van der Waals surface area (Å²) >= 11 is 1.86. The van der Waals surface area contributed by atoms with Crippen molar-refractivity contribution in [2.24, 2.45) is 5.92 Å². The Balaban J connectivity index is 1.65. The number of aryl methyl sites for hydroxylation is 1. The quantitative estimate of drug-likeness (QED) is 0.596. The van der Waals surface area contributed by atoms with Gasteiger partial charge in [-0.05, 0) is 44.1 Å². The molecule has 2 rings (SSSR count). The molecule has 3 nitrogen and oxygen atoms in total. The number of nitrogens with zero attached hydrogens (tertiary/aromatic N) is 1. The number of carbonyl (C=O) groups excluding carboxylic acids is 1. The van der Waals surface area contributed by atoms with Gasteiger partial charge in [0.15, 0.2) is 0 Å². The molecule has 0 radical (unpaired) electrons. The maximum Gasteiger partial charge on any atom is 0.225 e. The lowest BCUT2D eigenvalue weighted by molar-refractivity contribution is -0.137. The zero-order valence-corrected chi connectivity index (χ0v) is 13.8. The van der Waals surface area contributed by atoms with Crippen molar-refractivity contribution in [1.29, 1.82) is 0 Å². The van der Waals surface area contributed by atoms with Crippen LogP contribution in [0.15, 0.2) is 29.2 Å². The zero-order chi connectivity index (χ0) is 15.1. The summed E-state index contributed by atoms with van der Waals surface area (Å²) in [6, 6.07) is 8.61. The molecule has 0 aromatic heterocycles. The number of rotatable bonds is 6. The molecular formula is C17H25NO2S. The van der Waals surface area contributed by atoms with Crippen LogP contribution in [0.5, 0.6) is 0 Å². The van der Waals surface area contributed by atoms with Crippen molar-refractivity contribution in [3.8, 4) is 0 Å². The molecule has 0 saturated carbocycles. The molecule has 21 heavy (non-hydrogen) atoms. The highest BCUT2D eigenvalue weighted by molar-refractivity contribution is 7.99. The molecule has 1 aliphatic rings. The second kappa shape index (κ2) is 8.44. The van der Waals surface area contributed by atoms with Crippen molar-refractivity contribution in [2.75, 3.05) is 32.6 Å². The van der Waals surface area contributed by atoms with Crippen LogP contribution in [-0.4, -0.2) is 43.4 Å². The summed E-state index contributed by atoms with van der Waals surface area (Å²) in [6.45, 7) is 4.40. The molecule has 0 unspecified atom stereocenters. The van der Waals surface area contributed by atoms with Gasteiger partial charge in [-0.2, -0.15) is 0 Å². The van der Waals surface area contributed by atoms with Gasteiger partial charge < -0.3 is 9.64 Å². The second-order valence-corrected chi connectivity index (χ2v) is 6.83. The maximum atomic E-state index is 12.3. The first-order valence-corrected chi connectivity index (χ1v) is 8.67. The van der Waals surface area contributed by atoms with Gasteiger partial charge in [0, 0.05) is 37.6 Å². The van der Waals surface area contributed by atoms with Gasteiger partial charge >= 0.3 is 0 Å². The first kappa shape index (κ1) is 16.4. The number of amides is 1. The highest BCUT2D eigenvalue weighted by atomic mass is 32.2. The minimum atomic E-state index is 0.175. The summed E-state index contributed by atoms with van der Waals surface area (Å²) in [5.74, 6) is 1.52. The van der Waals surface area contributed by atoms with E-state index in [0.29, 0.717) is 5.91 Å². The molecule has 1 aromatic carbocycles. The molecule has 0 atom stereocenters. The van der Waals surface area contributed by atoms with Crippen LogP contribution in [0.3, 0.4) is 0 Å². The molecule has 4 heteroatoms. The molecule has 0 bridgehead atoms. The fourth-order valence-corrected chi connectivity index (χ4v) is 3.33. The van der Waals surface area contributed by atoms with Crippen LogP contribution in [0.4, 0.5) is 0 Å². The van der Waals surface area contributed by atoms with E-state index in [0.717, 1.165) is 44.8 Å². The average Bonchev–Trinajstić information content (AvgIpc) is 2.53. The lowest BCUT2D eigenvalue weighted by Gasteiger charge is -2.26. The Labute approximate surface area is 132 Å². The fraction of sp³-hybridized carbons (Fsp3) is 0.588. The van der Waals surface area contributed by atoms with Crippen LogP contribution < -0.4 is 0 Å². The summed E-state index contributed by atoms with van der Waals surface area (Å²) < 4.78 is 5.31. The smallest absolute Gasteiger partial charge is 0.225 e. The minimum Gasteiger partial charge on any atom is -0.381 e. The number of benzene rings is 1. The van der Waals surface area contributed by atoms with E-state index in [1.807, 2.05) is 23.7 Å². The summed E-state index contributed by atoms with van der Waals surface area (Å²) in [4.78, 5) is 15.5. The SMILES string of the molecule is Cc1ccc(SCCCN(C)C(=O)C2CCOCC2)cc1. The highest BCUT2D eigenvalue weighted by Crippen LogP contribution is 2.20. The van der Waals surface area contributed by atoms with Crippen LogP contribution in [0.25, 0.3) is 0 Å². The monoisotopic (exact) mass is 307 g/mol. The van der Waals surface area contributed by atoms with Gasteiger partial charge in [0.25, 0.3) is 0 Å². The van der Waals surface area contributed by atoms with Crippen LogP contribution in [0, 0.1) is 12.8 Å². The maximum absolute atomic E-state index is 12.3. The third-order valence-electron chi connectivity index (χ3n) is 3.87. The van der Waals surface area contributed by atoms with E-state index in [9.17, 15) is 4.79 Å². The average molecular weight is 307 g/mol. The Kier molecular flexibility index (Phi) is 6.58. The summed E-state index contributed by atoms with van der Waals surface area (Å²) in [5, 5.41) is 0. The predicted molar refractivity (Wildman–Crippen MR) is 87.7 cm³/mol.